The van der Waals surface area contributed by atoms with E-state index in [1.807, 2.05) is 0 Å². The summed E-state index contributed by atoms with van der Waals surface area (Å²) in [4.78, 5) is 4.74. The lowest BCUT2D eigenvalue weighted by Crippen LogP contribution is -2.59. The Morgan fingerprint density at radius 1 is 1.27 bits per heavy atom. The van der Waals surface area contributed by atoms with Crippen LogP contribution in [0.2, 0.25) is 0 Å². The monoisotopic (exact) mass is 213 g/mol. The van der Waals surface area contributed by atoms with Crippen molar-refractivity contribution in [3.05, 3.63) is 0 Å². The quantitative estimate of drug-likeness (QED) is 0.652. The summed E-state index contributed by atoms with van der Waals surface area (Å²) in [6, 6.07) is 0. The van der Waals surface area contributed by atoms with Crippen molar-refractivity contribution in [1.29, 1.82) is 0 Å². The molecule has 4 nitrogen and oxygen atoms in total. The van der Waals surface area contributed by atoms with E-state index in [0.29, 0.717) is 6.54 Å². The molecule has 0 bridgehead atoms. The number of hydrogen-bond acceptors (Lipinski definition) is 4. The highest BCUT2D eigenvalue weighted by Crippen LogP contribution is 2.31. The van der Waals surface area contributed by atoms with Gasteiger partial charge in [0.2, 0.25) is 0 Å². The van der Waals surface area contributed by atoms with Gasteiger partial charge in [-0.05, 0) is 26.9 Å². The summed E-state index contributed by atoms with van der Waals surface area (Å²) in [5.41, 5.74) is 5.81. The number of nitrogens with zero attached hydrogens (tertiary/aromatic N) is 2. The first-order valence-corrected chi connectivity index (χ1v) is 5.88. The second-order valence-corrected chi connectivity index (χ2v) is 5.16. The first-order valence-electron chi connectivity index (χ1n) is 5.88. The van der Waals surface area contributed by atoms with Crippen LogP contribution in [0.25, 0.3) is 0 Å². The van der Waals surface area contributed by atoms with Gasteiger partial charge in [-0.25, -0.2) is 0 Å². The zero-order valence-corrected chi connectivity index (χ0v) is 9.91. The van der Waals surface area contributed by atoms with E-state index < -0.39 is 0 Å². The molecule has 0 saturated carbocycles. The van der Waals surface area contributed by atoms with Gasteiger partial charge in [-0.2, -0.15) is 0 Å². The van der Waals surface area contributed by atoms with Crippen molar-refractivity contribution in [2.24, 2.45) is 5.73 Å². The Hall–Kier alpha value is -0.160. The zero-order chi connectivity index (χ0) is 10.9. The molecule has 0 amide bonds. The topological polar surface area (TPSA) is 41.7 Å². The molecule has 2 fully saturated rings. The summed E-state index contributed by atoms with van der Waals surface area (Å²) in [5, 5.41) is 0. The SMILES string of the molecule is CN1CCC2(CC1)CN(C)CC(CN)O2. The largest absolute Gasteiger partial charge is 0.368 e. The first kappa shape index (κ1) is 11.3. The van der Waals surface area contributed by atoms with Crippen LogP contribution in [0.3, 0.4) is 0 Å². The van der Waals surface area contributed by atoms with Crippen molar-refractivity contribution < 1.29 is 4.74 Å². The van der Waals surface area contributed by atoms with Gasteiger partial charge < -0.3 is 20.3 Å². The predicted molar refractivity (Wildman–Crippen MR) is 60.9 cm³/mol. The van der Waals surface area contributed by atoms with E-state index in [4.69, 9.17) is 10.5 Å². The fraction of sp³-hybridized carbons (Fsp3) is 1.00. The number of morpholine rings is 1. The van der Waals surface area contributed by atoms with Crippen molar-refractivity contribution in [2.75, 3.05) is 46.8 Å². The highest BCUT2D eigenvalue weighted by atomic mass is 16.5. The van der Waals surface area contributed by atoms with Crippen LogP contribution < -0.4 is 5.73 Å². The molecule has 1 unspecified atom stereocenters. The lowest BCUT2D eigenvalue weighted by Gasteiger charge is -2.48. The van der Waals surface area contributed by atoms with Crippen LogP contribution in [0.5, 0.6) is 0 Å². The molecule has 2 aliphatic rings. The number of likely N-dealkylation sites (tertiary alicyclic amines) is 1. The van der Waals surface area contributed by atoms with E-state index in [1.165, 1.54) is 0 Å². The molecule has 0 aliphatic carbocycles. The number of ether oxygens (including phenoxy) is 1. The average molecular weight is 213 g/mol. The van der Waals surface area contributed by atoms with E-state index in [2.05, 4.69) is 23.9 Å². The Morgan fingerprint density at radius 3 is 2.53 bits per heavy atom. The van der Waals surface area contributed by atoms with Crippen LogP contribution in [0, 0.1) is 0 Å². The molecule has 0 aromatic rings. The van der Waals surface area contributed by atoms with Gasteiger partial charge in [0.1, 0.15) is 0 Å². The van der Waals surface area contributed by atoms with Gasteiger partial charge in [0.15, 0.2) is 0 Å². The second kappa shape index (κ2) is 4.37. The third-order valence-electron chi connectivity index (χ3n) is 3.65. The number of nitrogens with two attached hydrogens (primary N) is 1. The number of piperidine rings is 1. The minimum absolute atomic E-state index is 0.0869. The summed E-state index contributed by atoms with van der Waals surface area (Å²) in [6.45, 7) is 4.98. The van der Waals surface area contributed by atoms with Crippen LogP contribution in [0.1, 0.15) is 12.8 Å². The molecular formula is C11H23N3O. The van der Waals surface area contributed by atoms with Crippen LogP contribution in [-0.2, 0) is 4.74 Å². The molecule has 2 rings (SSSR count). The maximum absolute atomic E-state index is 6.19. The Morgan fingerprint density at radius 2 is 1.93 bits per heavy atom. The lowest BCUT2D eigenvalue weighted by molar-refractivity contribution is -0.166. The summed E-state index contributed by atoms with van der Waals surface area (Å²) in [6.07, 6.45) is 2.52. The third-order valence-corrected chi connectivity index (χ3v) is 3.65. The molecule has 2 saturated heterocycles. The molecule has 88 valence electrons. The number of likely N-dealkylation sites (N-methyl/N-ethyl adjacent to an activating group) is 1. The normalized spacial score (nSPS) is 33.4. The minimum Gasteiger partial charge on any atom is -0.368 e. The predicted octanol–water partition coefficient (Wildman–Crippen LogP) is -0.260. The Labute approximate surface area is 92.4 Å². The third kappa shape index (κ3) is 2.50. The molecule has 0 radical (unpaired) electrons. The van der Waals surface area contributed by atoms with Crippen molar-refractivity contribution in [3.8, 4) is 0 Å². The summed E-state index contributed by atoms with van der Waals surface area (Å²) >= 11 is 0. The van der Waals surface area contributed by atoms with Gasteiger partial charge in [0.25, 0.3) is 0 Å². The highest BCUT2D eigenvalue weighted by molar-refractivity contribution is 4.94. The highest BCUT2D eigenvalue weighted by Gasteiger charge is 2.40. The second-order valence-electron chi connectivity index (χ2n) is 5.16. The van der Waals surface area contributed by atoms with Crippen LogP contribution in [0.4, 0.5) is 0 Å². The molecule has 2 aliphatic heterocycles. The Bertz CT molecular complexity index is 214. The van der Waals surface area contributed by atoms with Gasteiger partial charge in [0.05, 0.1) is 11.7 Å². The molecule has 0 aromatic heterocycles. The van der Waals surface area contributed by atoms with Gasteiger partial charge in [-0.1, -0.05) is 0 Å². The molecule has 15 heavy (non-hydrogen) atoms. The molecule has 0 aromatic carbocycles. The van der Waals surface area contributed by atoms with Crippen molar-refractivity contribution in [1.82, 2.24) is 9.80 Å². The molecule has 2 heterocycles. The van der Waals surface area contributed by atoms with E-state index in [1.54, 1.807) is 0 Å². The van der Waals surface area contributed by atoms with Gasteiger partial charge >= 0.3 is 0 Å². The van der Waals surface area contributed by atoms with Gasteiger partial charge in [0, 0.05) is 32.7 Å². The molecular weight excluding hydrogens is 190 g/mol. The van der Waals surface area contributed by atoms with Gasteiger partial charge in [-0.15, -0.1) is 0 Å². The molecule has 4 heteroatoms. The first-order chi connectivity index (χ1) is 7.13. The zero-order valence-electron chi connectivity index (χ0n) is 9.91. The van der Waals surface area contributed by atoms with Crippen LogP contribution >= 0.6 is 0 Å². The summed E-state index contributed by atoms with van der Waals surface area (Å²) in [7, 11) is 4.35. The van der Waals surface area contributed by atoms with Crippen LogP contribution in [0.15, 0.2) is 0 Å². The van der Waals surface area contributed by atoms with E-state index in [-0.39, 0.29) is 11.7 Å². The van der Waals surface area contributed by atoms with Crippen molar-refractivity contribution in [3.63, 3.8) is 0 Å². The average Bonchev–Trinajstić information content (AvgIpc) is 2.22. The van der Waals surface area contributed by atoms with E-state index in [9.17, 15) is 0 Å². The lowest BCUT2D eigenvalue weighted by atomic mass is 9.89. The van der Waals surface area contributed by atoms with Crippen molar-refractivity contribution in [2.45, 2.75) is 24.5 Å². The molecule has 1 atom stereocenters. The number of rotatable bonds is 1. The standard InChI is InChI=1S/C11H23N3O/c1-13-5-3-11(4-6-13)9-14(2)8-10(7-12)15-11/h10H,3-9,12H2,1-2H3. The molecule has 2 N–H and O–H groups in total. The van der Waals surface area contributed by atoms with E-state index >= 15 is 0 Å². The van der Waals surface area contributed by atoms with Crippen molar-refractivity contribution >= 4 is 0 Å². The maximum Gasteiger partial charge on any atom is 0.0838 e. The fourth-order valence-corrected chi connectivity index (χ4v) is 2.76. The summed E-state index contributed by atoms with van der Waals surface area (Å²) in [5.74, 6) is 0. The molecule has 1 spiro atoms. The Balaban J connectivity index is 2.00. The van der Waals surface area contributed by atoms with Crippen LogP contribution in [-0.4, -0.2) is 68.3 Å². The van der Waals surface area contributed by atoms with E-state index in [0.717, 1.165) is 39.0 Å². The fourth-order valence-electron chi connectivity index (χ4n) is 2.76. The minimum atomic E-state index is 0.0869. The van der Waals surface area contributed by atoms with Gasteiger partial charge in [-0.3, -0.25) is 0 Å². The smallest absolute Gasteiger partial charge is 0.0838 e. The maximum atomic E-state index is 6.19. The summed E-state index contributed by atoms with van der Waals surface area (Å²) < 4.78 is 6.19. The number of hydrogen-bond donors (Lipinski definition) is 1. The Kier molecular flexibility index (Phi) is 3.30.